The maximum Gasteiger partial charge on any atom is 0.348 e. The molecule has 0 radical (unpaired) electrons. The zero-order valence-corrected chi connectivity index (χ0v) is 8.68. The highest BCUT2D eigenvalue weighted by Crippen LogP contribution is 1.98. The number of hydroxylamine groups is 1. The van der Waals surface area contributed by atoms with Crippen molar-refractivity contribution in [1.29, 1.82) is 0 Å². The van der Waals surface area contributed by atoms with Crippen molar-refractivity contribution in [2.45, 2.75) is 25.3 Å². The quantitative estimate of drug-likeness (QED) is 0.259. The fourth-order valence-electron chi connectivity index (χ4n) is 0.803. The molecule has 0 aliphatic carbocycles. The summed E-state index contributed by atoms with van der Waals surface area (Å²) in [5.74, 6) is -0.574. The molecule has 0 unspecified atom stereocenters. The van der Waals surface area contributed by atoms with E-state index >= 15 is 0 Å². The molecular weight excluding hydrogens is 204 g/mol. The van der Waals surface area contributed by atoms with Crippen LogP contribution in [0.4, 0.5) is 0 Å². The van der Waals surface area contributed by atoms with E-state index in [2.05, 4.69) is 22.5 Å². The Morgan fingerprint density at radius 1 is 1.50 bits per heavy atom. The molecule has 1 atom stereocenters. The molecule has 0 aromatic carbocycles. The lowest BCUT2D eigenvalue weighted by Gasteiger charge is -2.10. The molecular formula is C7H16N4O2S. The summed E-state index contributed by atoms with van der Waals surface area (Å²) in [6.45, 7) is 0.590. The van der Waals surface area contributed by atoms with Crippen molar-refractivity contribution >= 4 is 23.3 Å². The van der Waals surface area contributed by atoms with Crippen molar-refractivity contribution in [3.63, 3.8) is 0 Å². The van der Waals surface area contributed by atoms with Crippen molar-refractivity contribution in [2.24, 2.45) is 17.2 Å². The molecule has 6 nitrogen and oxygen atoms in total. The van der Waals surface area contributed by atoms with Gasteiger partial charge in [-0.3, -0.25) is 0 Å². The third-order valence-electron chi connectivity index (χ3n) is 1.52. The number of thiocarbonyl (C=S) groups is 1. The van der Waals surface area contributed by atoms with E-state index in [4.69, 9.17) is 17.2 Å². The Labute approximate surface area is 88.1 Å². The largest absolute Gasteiger partial charge is 0.374 e. The normalized spacial score (nSPS) is 11.9. The van der Waals surface area contributed by atoms with Crippen LogP contribution >= 0.6 is 12.2 Å². The van der Waals surface area contributed by atoms with Crippen LogP contribution < -0.4 is 22.7 Å². The Bertz CT molecular complexity index is 200. The second-order valence-electron chi connectivity index (χ2n) is 2.78. The van der Waals surface area contributed by atoms with Crippen molar-refractivity contribution in [3.8, 4) is 0 Å². The van der Waals surface area contributed by atoms with Gasteiger partial charge >= 0.3 is 5.97 Å². The maximum atomic E-state index is 11.1. The van der Waals surface area contributed by atoms with Crippen LogP contribution in [0.15, 0.2) is 0 Å². The molecule has 0 saturated heterocycles. The van der Waals surface area contributed by atoms with E-state index in [-0.39, 0.29) is 5.11 Å². The molecule has 7 heteroatoms. The molecule has 0 aromatic heterocycles. The second-order valence-corrected chi connectivity index (χ2v) is 3.22. The molecule has 7 N–H and O–H groups in total. The summed E-state index contributed by atoms with van der Waals surface area (Å²) < 4.78 is 0. The predicted octanol–water partition coefficient (Wildman–Crippen LogP) is -1.27. The van der Waals surface area contributed by atoms with Gasteiger partial charge in [-0.15, -0.1) is 0 Å². The number of rotatable bonds is 5. The lowest BCUT2D eigenvalue weighted by molar-refractivity contribution is -0.149. The summed E-state index contributed by atoms with van der Waals surface area (Å²) in [7, 11) is 0. The van der Waals surface area contributed by atoms with E-state index in [0.717, 1.165) is 12.8 Å². The topological polar surface area (TPSA) is 116 Å². The minimum Gasteiger partial charge on any atom is -0.374 e. The van der Waals surface area contributed by atoms with Gasteiger partial charge in [0.2, 0.25) is 0 Å². The maximum absolute atomic E-state index is 11.1. The molecule has 0 fully saturated rings. The predicted molar refractivity (Wildman–Crippen MR) is 56.9 cm³/mol. The average Bonchev–Trinajstić information content (AvgIpc) is 2.14. The van der Waals surface area contributed by atoms with Crippen LogP contribution in [0.1, 0.15) is 19.3 Å². The van der Waals surface area contributed by atoms with Gasteiger partial charge in [0.25, 0.3) is 0 Å². The van der Waals surface area contributed by atoms with Crippen molar-refractivity contribution in [3.05, 3.63) is 0 Å². The van der Waals surface area contributed by atoms with Gasteiger partial charge in [0.05, 0.1) is 0 Å². The monoisotopic (exact) mass is 220 g/mol. The van der Waals surface area contributed by atoms with Crippen LogP contribution in [0.3, 0.4) is 0 Å². The molecule has 0 saturated carbocycles. The second kappa shape index (κ2) is 7.48. The first kappa shape index (κ1) is 13.1. The molecule has 0 rings (SSSR count). The molecule has 14 heavy (non-hydrogen) atoms. The van der Waals surface area contributed by atoms with Gasteiger partial charge in [-0.25, -0.2) is 4.79 Å². The highest BCUT2D eigenvalue weighted by molar-refractivity contribution is 7.80. The van der Waals surface area contributed by atoms with Gasteiger partial charge in [0, 0.05) is 0 Å². The van der Waals surface area contributed by atoms with E-state index in [0.29, 0.717) is 13.0 Å². The van der Waals surface area contributed by atoms with Crippen molar-refractivity contribution in [1.82, 2.24) is 5.48 Å². The summed E-state index contributed by atoms with van der Waals surface area (Å²) in [6, 6.07) is -0.664. The first-order chi connectivity index (χ1) is 6.57. The lowest BCUT2D eigenvalue weighted by Crippen LogP contribution is -2.39. The van der Waals surface area contributed by atoms with Gasteiger partial charge in [-0.05, 0) is 31.6 Å². The van der Waals surface area contributed by atoms with Crippen LogP contribution in [0.2, 0.25) is 0 Å². The van der Waals surface area contributed by atoms with Gasteiger partial charge < -0.3 is 22.0 Å². The highest BCUT2D eigenvalue weighted by atomic mass is 32.1. The molecule has 0 aliphatic heterocycles. The van der Waals surface area contributed by atoms with Crippen LogP contribution in [0.25, 0.3) is 0 Å². The number of unbranched alkanes of at least 4 members (excludes halogenated alkanes) is 1. The Hall–Kier alpha value is -0.920. The van der Waals surface area contributed by atoms with Gasteiger partial charge in [-0.1, -0.05) is 6.42 Å². The first-order valence-corrected chi connectivity index (χ1v) is 4.70. The standard InChI is InChI=1S/C7H16N4O2S/c8-4-2-1-3-5(9)6(12)13-11-7(10)14/h5H,1-4,8-9H2,(H3,10,11,14)/t5-/m0/s1. The molecule has 0 bridgehead atoms. The Morgan fingerprint density at radius 2 is 2.14 bits per heavy atom. The van der Waals surface area contributed by atoms with E-state index in [1.165, 1.54) is 0 Å². The highest BCUT2D eigenvalue weighted by Gasteiger charge is 2.14. The Morgan fingerprint density at radius 3 is 2.64 bits per heavy atom. The van der Waals surface area contributed by atoms with Crippen molar-refractivity contribution in [2.75, 3.05) is 6.54 Å². The summed E-state index contributed by atoms with van der Waals surface area (Å²) in [5, 5.41) is -0.104. The number of nitrogens with one attached hydrogen (secondary N) is 1. The Balaban J connectivity index is 3.59. The van der Waals surface area contributed by atoms with Crippen LogP contribution in [-0.4, -0.2) is 23.7 Å². The molecule has 82 valence electrons. The number of carbonyl (C=O) groups excluding carboxylic acids is 1. The first-order valence-electron chi connectivity index (χ1n) is 4.29. The number of carbonyl (C=O) groups is 1. The fourth-order valence-corrected chi connectivity index (χ4v) is 0.844. The summed E-state index contributed by atoms with van der Waals surface area (Å²) >= 11 is 4.44. The molecule has 0 spiro atoms. The lowest BCUT2D eigenvalue weighted by atomic mass is 10.1. The van der Waals surface area contributed by atoms with Gasteiger partial charge in [-0.2, -0.15) is 5.48 Å². The van der Waals surface area contributed by atoms with Gasteiger partial charge in [0.15, 0.2) is 5.11 Å². The molecule has 0 aliphatic rings. The van der Waals surface area contributed by atoms with E-state index in [1.54, 1.807) is 0 Å². The smallest absolute Gasteiger partial charge is 0.348 e. The third kappa shape index (κ3) is 6.58. The summed E-state index contributed by atoms with van der Waals surface area (Å²) in [4.78, 5) is 15.6. The molecule has 0 amide bonds. The van der Waals surface area contributed by atoms with E-state index in [9.17, 15) is 4.79 Å². The minimum atomic E-state index is -0.664. The number of hydrogen-bond donors (Lipinski definition) is 4. The van der Waals surface area contributed by atoms with Crippen LogP contribution in [0, 0.1) is 0 Å². The van der Waals surface area contributed by atoms with E-state index in [1.807, 2.05) is 0 Å². The van der Waals surface area contributed by atoms with Gasteiger partial charge in [0.1, 0.15) is 6.04 Å². The number of hydrogen-bond acceptors (Lipinski definition) is 5. The zero-order chi connectivity index (χ0) is 11.0. The van der Waals surface area contributed by atoms with E-state index < -0.39 is 12.0 Å². The zero-order valence-electron chi connectivity index (χ0n) is 7.86. The summed E-state index contributed by atoms with van der Waals surface area (Å²) in [5.41, 5.74) is 17.9. The average molecular weight is 220 g/mol. The molecule has 0 aromatic rings. The van der Waals surface area contributed by atoms with Crippen molar-refractivity contribution < 1.29 is 9.63 Å². The van der Waals surface area contributed by atoms with Crippen LogP contribution in [0.5, 0.6) is 0 Å². The molecule has 0 heterocycles. The Kier molecular flexibility index (Phi) is 6.99. The van der Waals surface area contributed by atoms with Crippen LogP contribution in [-0.2, 0) is 9.63 Å². The third-order valence-corrected chi connectivity index (χ3v) is 1.61. The minimum absolute atomic E-state index is 0.104. The number of nitrogens with two attached hydrogens (primary N) is 3. The summed E-state index contributed by atoms with van der Waals surface area (Å²) in [6.07, 6.45) is 2.17. The SMILES string of the molecule is NCCCC[C@H](N)C(=O)ONC(N)=S. The fraction of sp³-hybridized carbons (Fsp3) is 0.714.